The predicted octanol–water partition coefficient (Wildman–Crippen LogP) is 4.67. The van der Waals surface area contributed by atoms with Gasteiger partial charge >= 0.3 is 5.97 Å². The summed E-state index contributed by atoms with van der Waals surface area (Å²) < 4.78 is 0. The van der Waals surface area contributed by atoms with Crippen molar-refractivity contribution < 1.29 is 19.5 Å². The van der Waals surface area contributed by atoms with Crippen LogP contribution in [0.5, 0.6) is 0 Å². The molecule has 1 N–H and O–H groups in total. The summed E-state index contributed by atoms with van der Waals surface area (Å²) >= 11 is 0. The molecule has 4 rings (SSSR count). The van der Waals surface area contributed by atoms with E-state index in [1.165, 1.54) is 0 Å². The molecule has 0 aromatic heterocycles. The van der Waals surface area contributed by atoms with Crippen molar-refractivity contribution in [2.24, 2.45) is 46.3 Å². The molecule has 4 heteroatoms. The summed E-state index contributed by atoms with van der Waals surface area (Å²) in [5.74, 6) is 1.49. The Bertz CT molecular complexity index is 724. The van der Waals surface area contributed by atoms with Gasteiger partial charge in [-0.15, -0.1) is 0 Å². The summed E-state index contributed by atoms with van der Waals surface area (Å²) in [5.41, 5.74) is -0.271. The fraction of sp³-hybridized carbons (Fsp3) is 0.792. The van der Waals surface area contributed by atoms with Crippen molar-refractivity contribution >= 4 is 17.5 Å². The van der Waals surface area contributed by atoms with E-state index in [0.29, 0.717) is 36.4 Å². The van der Waals surface area contributed by atoms with Crippen LogP contribution in [0.15, 0.2) is 12.2 Å². The summed E-state index contributed by atoms with van der Waals surface area (Å²) in [6.45, 7) is 6.69. The Morgan fingerprint density at radius 1 is 1.21 bits per heavy atom. The molecular weight excluding hydrogens is 352 g/mol. The highest BCUT2D eigenvalue weighted by Gasteiger charge is 2.64. The zero-order chi connectivity index (χ0) is 20.3. The van der Waals surface area contributed by atoms with Gasteiger partial charge in [-0.1, -0.05) is 26.8 Å². The monoisotopic (exact) mass is 386 g/mol. The predicted molar refractivity (Wildman–Crippen MR) is 107 cm³/mol. The molecule has 0 amide bonds. The van der Waals surface area contributed by atoms with Crippen LogP contribution in [0.1, 0.15) is 72.1 Å². The van der Waals surface area contributed by atoms with Gasteiger partial charge in [0.15, 0.2) is 5.78 Å². The number of carbonyl (C=O) groups is 3. The number of hydrogen-bond donors (Lipinski definition) is 1. The van der Waals surface area contributed by atoms with E-state index in [0.717, 1.165) is 32.1 Å². The third-order valence-corrected chi connectivity index (χ3v) is 9.50. The van der Waals surface area contributed by atoms with Crippen molar-refractivity contribution in [3.8, 4) is 0 Å². The number of carboxylic acid groups (broad SMARTS) is 1. The van der Waals surface area contributed by atoms with Crippen LogP contribution in [0.2, 0.25) is 0 Å². The van der Waals surface area contributed by atoms with Gasteiger partial charge in [0.1, 0.15) is 5.78 Å². The molecular formula is C24H34O4. The van der Waals surface area contributed by atoms with Gasteiger partial charge in [-0.25, -0.2) is 0 Å². The minimum atomic E-state index is -0.722. The molecule has 3 fully saturated rings. The van der Waals surface area contributed by atoms with Crippen LogP contribution >= 0.6 is 0 Å². The molecule has 28 heavy (non-hydrogen) atoms. The first-order valence-electron chi connectivity index (χ1n) is 11.1. The van der Waals surface area contributed by atoms with E-state index >= 15 is 0 Å². The summed E-state index contributed by atoms with van der Waals surface area (Å²) in [7, 11) is 0. The second-order valence-corrected chi connectivity index (χ2v) is 10.5. The molecule has 4 nitrogen and oxygen atoms in total. The highest BCUT2D eigenvalue weighted by molar-refractivity contribution is 5.98. The van der Waals surface area contributed by atoms with Gasteiger partial charge in [-0.3, -0.25) is 14.4 Å². The average Bonchev–Trinajstić information content (AvgIpc) is 2.99. The first-order valence-corrected chi connectivity index (χ1v) is 11.1. The van der Waals surface area contributed by atoms with Crippen LogP contribution in [0, 0.1) is 46.3 Å². The zero-order valence-corrected chi connectivity index (χ0v) is 17.4. The van der Waals surface area contributed by atoms with E-state index in [2.05, 4.69) is 20.8 Å². The molecule has 0 aliphatic heterocycles. The summed E-state index contributed by atoms with van der Waals surface area (Å²) in [6, 6.07) is 0. The van der Waals surface area contributed by atoms with Crippen LogP contribution < -0.4 is 0 Å². The van der Waals surface area contributed by atoms with Gasteiger partial charge in [0, 0.05) is 24.2 Å². The Morgan fingerprint density at radius 3 is 2.68 bits per heavy atom. The van der Waals surface area contributed by atoms with Crippen LogP contribution in [-0.2, 0) is 14.4 Å². The van der Waals surface area contributed by atoms with Crippen LogP contribution in [0.25, 0.3) is 0 Å². The molecule has 3 saturated carbocycles. The Morgan fingerprint density at radius 2 is 1.96 bits per heavy atom. The maximum Gasteiger partial charge on any atom is 0.303 e. The molecule has 4 aliphatic carbocycles. The van der Waals surface area contributed by atoms with Crippen molar-refractivity contribution in [1.29, 1.82) is 0 Å². The van der Waals surface area contributed by atoms with Crippen molar-refractivity contribution in [2.75, 3.05) is 0 Å². The Kier molecular flexibility index (Phi) is 4.83. The van der Waals surface area contributed by atoms with Crippen LogP contribution in [-0.4, -0.2) is 22.6 Å². The normalized spacial score (nSPS) is 45.9. The molecule has 154 valence electrons. The van der Waals surface area contributed by atoms with Gasteiger partial charge in [0.25, 0.3) is 0 Å². The first kappa shape index (κ1) is 19.8. The van der Waals surface area contributed by atoms with E-state index < -0.39 is 5.97 Å². The number of carboxylic acids is 1. The lowest BCUT2D eigenvalue weighted by Crippen LogP contribution is -2.58. The van der Waals surface area contributed by atoms with Crippen LogP contribution in [0.4, 0.5) is 0 Å². The number of carbonyl (C=O) groups excluding carboxylic acids is 2. The molecule has 0 heterocycles. The second kappa shape index (κ2) is 6.81. The lowest BCUT2D eigenvalue weighted by molar-refractivity contribution is -0.159. The van der Waals surface area contributed by atoms with E-state index in [1.54, 1.807) is 6.08 Å². The summed E-state index contributed by atoms with van der Waals surface area (Å²) in [6.07, 6.45) is 10.2. The van der Waals surface area contributed by atoms with Gasteiger partial charge < -0.3 is 5.11 Å². The maximum absolute atomic E-state index is 13.3. The fourth-order valence-electron chi connectivity index (χ4n) is 7.91. The molecule has 0 unspecified atom stereocenters. The Balaban J connectivity index is 1.61. The number of fused-ring (bicyclic) bond motifs is 5. The van der Waals surface area contributed by atoms with Gasteiger partial charge in [-0.2, -0.15) is 0 Å². The number of rotatable bonds is 4. The lowest BCUT2D eigenvalue weighted by Gasteiger charge is -2.58. The molecule has 0 saturated heterocycles. The molecule has 0 aromatic rings. The topological polar surface area (TPSA) is 71.4 Å². The van der Waals surface area contributed by atoms with E-state index in [1.807, 2.05) is 6.08 Å². The summed E-state index contributed by atoms with van der Waals surface area (Å²) in [5, 5.41) is 9.07. The third kappa shape index (κ3) is 2.74. The minimum Gasteiger partial charge on any atom is -0.481 e. The number of Topliss-reactive ketones (excluding diaryl/α,β-unsaturated/α-hetero) is 1. The highest BCUT2D eigenvalue weighted by atomic mass is 16.4. The van der Waals surface area contributed by atoms with Crippen molar-refractivity contribution in [1.82, 2.24) is 0 Å². The molecule has 0 bridgehead atoms. The first-order chi connectivity index (χ1) is 13.2. The lowest BCUT2D eigenvalue weighted by atomic mass is 9.44. The Labute approximate surface area is 168 Å². The smallest absolute Gasteiger partial charge is 0.303 e. The van der Waals surface area contributed by atoms with E-state index in [4.69, 9.17) is 5.11 Å². The SMILES string of the molecule is C[C@H](CCC(=O)O)[C@H]1CC[C@H]2[C@@H]3C(=O)C[C@@H]4CC=CC(=O)[C@]4(C)[C@H]3CC[C@]12C. The second-order valence-electron chi connectivity index (χ2n) is 10.5. The van der Waals surface area contributed by atoms with E-state index in [-0.39, 0.29) is 40.8 Å². The standard InChI is InChI=1S/C24H34O4/c1-14(7-10-21(27)28)16-8-9-17-22-18(11-12-23(16,17)2)24(3)15(13-19(22)25)5-4-6-20(24)26/h4,6,14-18,22H,5,7-13H2,1-3H3,(H,27,28)/t14-,15+,16-,17+,18+,22+,23-,24+/m1/s1. The maximum atomic E-state index is 13.3. The highest BCUT2D eigenvalue weighted by Crippen LogP contribution is 2.66. The largest absolute Gasteiger partial charge is 0.481 e. The molecule has 0 radical (unpaired) electrons. The fourth-order valence-corrected chi connectivity index (χ4v) is 7.91. The molecule has 8 atom stereocenters. The molecule has 0 aromatic carbocycles. The third-order valence-electron chi connectivity index (χ3n) is 9.50. The minimum absolute atomic E-state index is 0.0205. The number of allylic oxidation sites excluding steroid dienone is 2. The van der Waals surface area contributed by atoms with Crippen LogP contribution in [0.3, 0.4) is 0 Å². The summed E-state index contributed by atoms with van der Waals surface area (Å²) in [4.78, 5) is 37.3. The van der Waals surface area contributed by atoms with E-state index in [9.17, 15) is 14.4 Å². The van der Waals surface area contributed by atoms with Crippen molar-refractivity contribution in [3.05, 3.63) is 12.2 Å². The Hall–Kier alpha value is -1.45. The van der Waals surface area contributed by atoms with Gasteiger partial charge in [-0.05, 0) is 79.6 Å². The molecule has 0 spiro atoms. The zero-order valence-electron chi connectivity index (χ0n) is 17.4. The number of hydrogen-bond acceptors (Lipinski definition) is 3. The van der Waals surface area contributed by atoms with Gasteiger partial charge in [0.05, 0.1) is 0 Å². The molecule has 4 aliphatic rings. The van der Waals surface area contributed by atoms with Crippen molar-refractivity contribution in [2.45, 2.75) is 72.1 Å². The quantitative estimate of drug-likeness (QED) is 0.762. The number of aliphatic carboxylic acids is 1. The van der Waals surface area contributed by atoms with Crippen molar-refractivity contribution in [3.63, 3.8) is 0 Å². The average molecular weight is 387 g/mol. The number of ketones is 2. The van der Waals surface area contributed by atoms with Gasteiger partial charge in [0.2, 0.25) is 0 Å².